The Morgan fingerprint density at radius 3 is 2.71 bits per heavy atom. The van der Waals surface area contributed by atoms with E-state index >= 15 is 0 Å². The summed E-state index contributed by atoms with van der Waals surface area (Å²) in [5.41, 5.74) is 0. The van der Waals surface area contributed by atoms with Crippen molar-refractivity contribution in [2.75, 3.05) is 13.1 Å². The molecule has 2 nitrogen and oxygen atoms in total. The minimum absolute atomic E-state index is 0.248. The fourth-order valence-electron chi connectivity index (χ4n) is 1.82. The molecule has 1 rings (SSSR count). The molecule has 0 saturated carbocycles. The van der Waals surface area contributed by atoms with Gasteiger partial charge in [0.05, 0.1) is 0 Å². The van der Waals surface area contributed by atoms with Gasteiger partial charge in [-0.25, -0.2) is 0 Å². The molecule has 0 aromatic heterocycles. The van der Waals surface area contributed by atoms with Crippen LogP contribution in [0.2, 0.25) is 0 Å². The minimum Gasteiger partial charge on any atom is -0.342 e. The molecule has 0 N–H and O–H groups in total. The van der Waals surface area contributed by atoms with E-state index in [1.54, 1.807) is 0 Å². The van der Waals surface area contributed by atoms with Crippen molar-refractivity contribution in [1.82, 2.24) is 4.90 Å². The highest BCUT2D eigenvalue weighted by Gasteiger charge is 2.27. The number of amides is 1. The molecule has 0 aromatic rings. The Hall–Kier alpha value is -0.240. The second-order valence-electron chi connectivity index (χ2n) is 4.72. The Bertz CT molecular complexity index is 205. The van der Waals surface area contributed by atoms with Gasteiger partial charge in [0.15, 0.2) is 0 Å². The zero-order valence-corrected chi connectivity index (χ0v) is 10.0. The molecule has 0 aliphatic carbocycles. The monoisotopic (exact) mass is 217 g/mol. The molecule has 2 atom stereocenters. The first-order valence-corrected chi connectivity index (χ1v) is 5.86. The maximum absolute atomic E-state index is 11.7. The van der Waals surface area contributed by atoms with Gasteiger partial charge in [-0.1, -0.05) is 20.8 Å². The van der Waals surface area contributed by atoms with Crippen LogP contribution in [-0.4, -0.2) is 29.3 Å². The van der Waals surface area contributed by atoms with Crippen LogP contribution in [0.4, 0.5) is 0 Å². The number of halogens is 1. The van der Waals surface area contributed by atoms with Crippen molar-refractivity contribution in [2.45, 2.75) is 39.0 Å². The van der Waals surface area contributed by atoms with Gasteiger partial charge < -0.3 is 4.90 Å². The van der Waals surface area contributed by atoms with E-state index in [1.165, 1.54) is 0 Å². The van der Waals surface area contributed by atoms with Crippen LogP contribution in [0.5, 0.6) is 0 Å². The first kappa shape index (κ1) is 11.8. The second-order valence-corrected chi connectivity index (χ2v) is 5.28. The summed E-state index contributed by atoms with van der Waals surface area (Å²) in [6.07, 6.45) is 1.60. The summed E-state index contributed by atoms with van der Waals surface area (Å²) in [6.45, 7) is 7.95. The number of carbonyl (C=O) groups is 1. The van der Waals surface area contributed by atoms with Crippen molar-refractivity contribution in [3.8, 4) is 0 Å². The van der Waals surface area contributed by atoms with Gasteiger partial charge in [-0.15, -0.1) is 11.6 Å². The van der Waals surface area contributed by atoms with E-state index in [9.17, 15) is 4.79 Å². The van der Waals surface area contributed by atoms with Crippen molar-refractivity contribution in [2.24, 2.45) is 11.8 Å². The van der Waals surface area contributed by atoms with Crippen LogP contribution in [0.1, 0.15) is 33.6 Å². The van der Waals surface area contributed by atoms with E-state index in [4.69, 9.17) is 11.6 Å². The number of hydrogen-bond donors (Lipinski definition) is 0. The summed E-state index contributed by atoms with van der Waals surface area (Å²) in [6, 6.07) is 0. The van der Waals surface area contributed by atoms with Crippen molar-refractivity contribution in [1.29, 1.82) is 0 Å². The summed E-state index contributed by atoms with van der Waals surface area (Å²) in [4.78, 5) is 13.7. The lowest BCUT2D eigenvalue weighted by atomic mass is 9.98. The average Bonchev–Trinajstić information content (AvgIpc) is 2.08. The third-order valence-corrected chi connectivity index (χ3v) is 3.38. The average molecular weight is 218 g/mol. The molecule has 0 spiro atoms. The maximum atomic E-state index is 11.7. The fraction of sp³-hybridized carbons (Fsp3) is 0.909. The van der Waals surface area contributed by atoms with E-state index in [0.29, 0.717) is 18.3 Å². The number of carbonyl (C=O) groups excluding carboxylic acids is 1. The third kappa shape index (κ3) is 3.16. The van der Waals surface area contributed by atoms with Gasteiger partial charge in [0, 0.05) is 24.9 Å². The van der Waals surface area contributed by atoms with E-state index in [0.717, 1.165) is 19.5 Å². The van der Waals surface area contributed by atoms with Crippen molar-refractivity contribution < 1.29 is 4.79 Å². The quantitative estimate of drug-likeness (QED) is 0.651. The maximum Gasteiger partial charge on any atom is 0.222 e. The molecular formula is C11H20ClNO. The molecule has 1 aliphatic heterocycles. The van der Waals surface area contributed by atoms with Crippen LogP contribution in [0.3, 0.4) is 0 Å². The first-order valence-electron chi connectivity index (χ1n) is 5.42. The van der Waals surface area contributed by atoms with E-state index < -0.39 is 0 Å². The third-order valence-electron chi connectivity index (χ3n) is 2.74. The highest BCUT2D eigenvalue weighted by atomic mass is 35.5. The Labute approximate surface area is 91.6 Å². The molecule has 1 saturated heterocycles. The number of likely N-dealkylation sites (tertiary alicyclic amines) is 1. The van der Waals surface area contributed by atoms with Crippen LogP contribution >= 0.6 is 11.6 Å². The van der Waals surface area contributed by atoms with Crippen LogP contribution in [0.25, 0.3) is 0 Å². The molecular weight excluding hydrogens is 198 g/mol. The van der Waals surface area contributed by atoms with Crippen LogP contribution in [0.15, 0.2) is 0 Å². The van der Waals surface area contributed by atoms with Crippen LogP contribution in [0, 0.1) is 11.8 Å². The predicted octanol–water partition coefficient (Wildman–Crippen LogP) is 2.51. The molecule has 1 fully saturated rings. The number of alkyl halides is 1. The second kappa shape index (κ2) is 5.01. The minimum atomic E-state index is 0.248. The highest BCUT2D eigenvalue weighted by Crippen LogP contribution is 2.22. The van der Waals surface area contributed by atoms with Gasteiger partial charge >= 0.3 is 0 Å². The van der Waals surface area contributed by atoms with Gasteiger partial charge in [0.25, 0.3) is 0 Å². The highest BCUT2D eigenvalue weighted by molar-refractivity contribution is 6.20. The zero-order chi connectivity index (χ0) is 10.7. The van der Waals surface area contributed by atoms with Gasteiger partial charge in [0.1, 0.15) is 0 Å². The number of rotatable bonds is 2. The topological polar surface area (TPSA) is 20.3 Å². The summed E-state index contributed by atoms with van der Waals surface area (Å²) < 4.78 is 0. The summed E-state index contributed by atoms with van der Waals surface area (Å²) in [7, 11) is 0. The van der Waals surface area contributed by atoms with E-state index in [1.807, 2.05) is 4.90 Å². The molecule has 1 amide bonds. The van der Waals surface area contributed by atoms with Crippen molar-refractivity contribution in [3.63, 3.8) is 0 Å². The van der Waals surface area contributed by atoms with Gasteiger partial charge in [0.2, 0.25) is 5.91 Å². The van der Waals surface area contributed by atoms with Crippen LogP contribution < -0.4 is 0 Å². The Morgan fingerprint density at radius 2 is 2.21 bits per heavy atom. The predicted molar refractivity (Wildman–Crippen MR) is 59.5 cm³/mol. The lowest BCUT2D eigenvalue weighted by molar-refractivity contribution is -0.133. The van der Waals surface area contributed by atoms with Crippen molar-refractivity contribution >= 4 is 17.5 Å². The number of hydrogen-bond acceptors (Lipinski definition) is 1. The molecule has 0 aromatic carbocycles. The van der Waals surface area contributed by atoms with E-state index in [-0.39, 0.29) is 11.3 Å². The van der Waals surface area contributed by atoms with Crippen molar-refractivity contribution in [3.05, 3.63) is 0 Å². The molecule has 0 bridgehead atoms. The largest absolute Gasteiger partial charge is 0.342 e. The van der Waals surface area contributed by atoms with Crippen LogP contribution in [-0.2, 0) is 4.79 Å². The number of piperidine rings is 1. The summed E-state index contributed by atoms with van der Waals surface area (Å²) >= 11 is 6.10. The lowest BCUT2D eigenvalue weighted by Crippen LogP contribution is -2.43. The zero-order valence-electron chi connectivity index (χ0n) is 9.29. The van der Waals surface area contributed by atoms with E-state index in [2.05, 4.69) is 20.8 Å². The molecule has 2 unspecified atom stereocenters. The standard InChI is InChI=1S/C11H20ClNO/c1-8(2)6-11(14)13-5-4-10(12)9(3)7-13/h8-10H,4-7H2,1-3H3. The SMILES string of the molecule is CC(C)CC(=O)N1CCC(Cl)C(C)C1. The van der Waals surface area contributed by atoms with Gasteiger partial charge in [-0.05, 0) is 18.3 Å². The lowest BCUT2D eigenvalue weighted by Gasteiger charge is -2.34. The van der Waals surface area contributed by atoms with Gasteiger partial charge in [-0.3, -0.25) is 4.79 Å². The number of nitrogens with zero attached hydrogens (tertiary/aromatic N) is 1. The summed E-state index contributed by atoms with van der Waals surface area (Å²) in [5, 5.41) is 0.248. The molecule has 14 heavy (non-hydrogen) atoms. The first-order chi connectivity index (χ1) is 6.50. The fourth-order valence-corrected chi connectivity index (χ4v) is 2.00. The molecule has 1 aliphatic rings. The van der Waals surface area contributed by atoms with Gasteiger partial charge in [-0.2, -0.15) is 0 Å². The summed E-state index contributed by atoms with van der Waals surface area (Å²) in [5.74, 6) is 1.17. The molecule has 82 valence electrons. The Balaban J connectivity index is 2.42. The molecule has 0 radical (unpaired) electrons. The smallest absolute Gasteiger partial charge is 0.222 e. The molecule has 3 heteroatoms. The Kier molecular flexibility index (Phi) is 4.24. The normalized spacial score (nSPS) is 28.2. The molecule has 1 heterocycles. The Morgan fingerprint density at radius 1 is 1.57 bits per heavy atom.